The van der Waals surface area contributed by atoms with Crippen molar-refractivity contribution in [3.05, 3.63) is 35.9 Å². The predicted octanol–water partition coefficient (Wildman–Crippen LogP) is 3.11. The van der Waals surface area contributed by atoms with Crippen LogP contribution in [0.2, 0.25) is 0 Å². The van der Waals surface area contributed by atoms with Crippen molar-refractivity contribution in [1.29, 1.82) is 0 Å². The molecule has 1 aliphatic carbocycles. The van der Waals surface area contributed by atoms with Gasteiger partial charge in [-0.25, -0.2) is 12.7 Å². The number of hydrogen-bond donors (Lipinski definition) is 2. The van der Waals surface area contributed by atoms with Gasteiger partial charge in [-0.05, 0) is 62.5 Å². The van der Waals surface area contributed by atoms with Crippen LogP contribution in [0, 0.1) is 0 Å². The fourth-order valence-electron chi connectivity index (χ4n) is 2.59. The highest BCUT2D eigenvalue weighted by Gasteiger charge is 2.17. The van der Waals surface area contributed by atoms with Gasteiger partial charge in [0.15, 0.2) is 5.11 Å². The molecule has 0 unspecified atom stereocenters. The number of hydrogen-bond acceptors (Lipinski definition) is 3. The minimum atomic E-state index is -3.44. The van der Waals surface area contributed by atoms with E-state index in [2.05, 4.69) is 16.7 Å². The van der Waals surface area contributed by atoms with Crippen LogP contribution in [0.1, 0.15) is 32.1 Å². The third-order valence-electron chi connectivity index (χ3n) is 3.99. The maximum absolute atomic E-state index is 12.2. The van der Waals surface area contributed by atoms with Crippen LogP contribution in [0.3, 0.4) is 0 Å². The molecule has 1 aromatic rings. The van der Waals surface area contributed by atoms with E-state index in [1.165, 1.54) is 49.7 Å². The zero-order chi connectivity index (χ0) is 17.6. The number of rotatable bonds is 6. The summed E-state index contributed by atoms with van der Waals surface area (Å²) in [6.45, 7) is 0.785. The fourth-order valence-corrected chi connectivity index (χ4v) is 3.76. The van der Waals surface area contributed by atoms with Crippen LogP contribution < -0.4 is 10.6 Å². The maximum atomic E-state index is 12.2. The van der Waals surface area contributed by atoms with Crippen LogP contribution in [-0.2, 0) is 10.0 Å². The van der Waals surface area contributed by atoms with Gasteiger partial charge in [-0.2, -0.15) is 0 Å². The molecule has 0 aliphatic heterocycles. The molecule has 1 aromatic carbocycles. The second-order valence-electron chi connectivity index (χ2n) is 6.05. The molecule has 2 rings (SSSR count). The maximum Gasteiger partial charge on any atom is 0.242 e. The molecular formula is C17H25N3O2S2. The first-order valence-corrected chi connectivity index (χ1v) is 10.00. The van der Waals surface area contributed by atoms with Crippen molar-refractivity contribution in [1.82, 2.24) is 9.62 Å². The smallest absolute Gasteiger partial charge is 0.242 e. The molecule has 0 bridgehead atoms. The van der Waals surface area contributed by atoms with Crippen molar-refractivity contribution in [3.63, 3.8) is 0 Å². The van der Waals surface area contributed by atoms with E-state index in [4.69, 9.17) is 12.2 Å². The second kappa shape index (κ2) is 8.60. The number of anilines is 1. The first-order chi connectivity index (χ1) is 11.4. The zero-order valence-corrected chi connectivity index (χ0v) is 15.8. The summed E-state index contributed by atoms with van der Waals surface area (Å²) in [5.74, 6) is 0. The van der Waals surface area contributed by atoms with Gasteiger partial charge >= 0.3 is 0 Å². The number of nitrogens with one attached hydrogen (secondary N) is 2. The summed E-state index contributed by atoms with van der Waals surface area (Å²) in [6.07, 6.45) is 8.27. The average Bonchev–Trinajstić information content (AvgIpc) is 2.56. The lowest BCUT2D eigenvalue weighted by molar-refractivity contribution is 0.521. The Balaban J connectivity index is 1.89. The van der Waals surface area contributed by atoms with E-state index in [1.54, 1.807) is 24.3 Å². The number of allylic oxidation sites excluding steroid dienone is 1. The van der Waals surface area contributed by atoms with Gasteiger partial charge in [0, 0.05) is 26.3 Å². The molecule has 0 saturated carbocycles. The minimum Gasteiger partial charge on any atom is -0.362 e. The summed E-state index contributed by atoms with van der Waals surface area (Å²) < 4.78 is 25.5. The molecule has 0 atom stereocenters. The van der Waals surface area contributed by atoms with Gasteiger partial charge in [-0.15, -0.1) is 0 Å². The molecule has 0 amide bonds. The van der Waals surface area contributed by atoms with Gasteiger partial charge in [0.25, 0.3) is 0 Å². The largest absolute Gasteiger partial charge is 0.362 e. The standard InChI is InChI=1S/C17H25N3O2S2/c1-20(2)24(21,22)16-10-6-9-15(13-16)19-17(23)18-12-11-14-7-4-3-5-8-14/h6-7,9-10,13H,3-5,8,11-12H2,1-2H3,(H2,18,19,23). The minimum absolute atomic E-state index is 0.243. The van der Waals surface area contributed by atoms with Crippen LogP contribution in [-0.4, -0.2) is 38.5 Å². The highest BCUT2D eigenvalue weighted by atomic mass is 32.2. The van der Waals surface area contributed by atoms with E-state index >= 15 is 0 Å². The third kappa shape index (κ3) is 5.29. The molecule has 0 heterocycles. The van der Waals surface area contributed by atoms with Crippen LogP contribution in [0.25, 0.3) is 0 Å². The van der Waals surface area contributed by atoms with E-state index in [-0.39, 0.29) is 4.90 Å². The van der Waals surface area contributed by atoms with Crippen molar-refractivity contribution < 1.29 is 8.42 Å². The van der Waals surface area contributed by atoms with Crippen LogP contribution in [0.5, 0.6) is 0 Å². The average molecular weight is 368 g/mol. The van der Waals surface area contributed by atoms with E-state index in [1.807, 2.05) is 0 Å². The molecule has 0 fully saturated rings. The van der Waals surface area contributed by atoms with Crippen molar-refractivity contribution in [2.24, 2.45) is 0 Å². The lowest BCUT2D eigenvalue weighted by atomic mass is 9.97. The summed E-state index contributed by atoms with van der Waals surface area (Å²) in [5.41, 5.74) is 2.16. The molecule has 0 spiro atoms. The normalized spacial score (nSPS) is 15.0. The molecule has 0 radical (unpaired) electrons. The van der Waals surface area contributed by atoms with Gasteiger partial charge in [-0.3, -0.25) is 0 Å². The SMILES string of the molecule is CN(C)S(=O)(=O)c1cccc(NC(=S)NCCC2=CCCCC2)c1. The van der Waals surface area contributed by atoms with Crippen molar-refractivity contribution >= 4 is 33.0 Å². The van der Waals surface area contributed by atoms with Gasteiger partial charge in [0.05, 0.1) is 4.90 Å². The first kappa shape index (κ1) is 18.9. The Hall–Kier alpha value is -1.44. The predicted molar refractivity (Wildman–Crippen MR) is 103 cm³/mol. The van der Waals surface area contributed by atoms with Crippen molar-refractivity contribution in [2.75, 3.05) is 26.0 Å². The lowest BCUT2D eigenvalue weighted by Gasteiger charge is -2.15. The fraction of sp³-hybridized carbons (Fsp3) is 0.471. The molecule has 0 aromatic heterocycles. The number of nitrogens with zero attached hydrogens (tertiary/aromatic N) is 1. The summed E-state index contributed by atoms with van der Waals surface area (Å²) in [6, 6.07) is 6.67. The zero-order valence-electron chi connectivity index (χ0n) is 14.2. The van der Waals surface area contributed by atoms with Crippen molar-refractivity contribution in [3.8, 4) is 0 Å². The van der Waals surface area contributed by atoms with Gasteiger partial charge in [0.2, 0.25) is 10.0 Å². The summed E-state index contributed by atoms with van der Waals surface area (Å²) in [5, 5.41) is 6.73. The van der Waals surface area contributed by atoms with Crippen LogP contribution in [0.4, 0.5) is 5.69 Å². The third-order valence-corrected chi connectivity index (χ3v) is 6.04. The van der Waals surface area contributed by atoms with Crippen LogP contribution in [0.15, 0.2) is 40.8 Å². The van der Waals surface area contributed by atoms with Crippen molar-refractivity contribution in [2.45, 2.75) is 37.0 Å². The van der Waals surface area contributed by atoms with E-state index in [9.17, 15) is 8.42 Å². The van der Waals surface area contributed by atoms with E-state index in [0.29, 0.717) is 10.8 Å². The Kier molecular flexibility index (Phi) is 6.77. The highest BCUT2D eigenvalue weighted by molar-refractivity contribution is 7.89. The molecule has 1 aliphatic rings. The van der Waals surface area contributed by atoms with Gasteiger partial charge in [-0.1, -0.05) is 17.7 Å². The molecule has 7 heteroatoms. The number of sulfonamides is 1. The topological polar surface area (TPSA) is 61.4 Å². The number of benzene rings is 1. The molecular weight excluding hydrogens is 342 g/mol. The first-order valence-electron chi connectivity index (χ1n) is 8.15. The van der Waals surface area contributed by atoms with Gasteiger partial charge in [0.1, 0.15) is 0 Å². The highest BCUT2D eigenvalue weighted by Crippen LogP contribution is 2.20. The summed E-state index contributed by atoms with van der Waals surface area (Å²) in [4.78, 5) is 0.243. The molecule has 24 heavy (non-hydrogen) atoms. The van der Waals surface area contributed by atoms with E-state index in [0.717, 1.165) is 13.0 Å². The molecule has 0 saturated heterocycles. The van der Waals surface area contributed by atoms with Crippen LogP contribution >= 0.6 is 12.2 Å². The Morgan fingerprint density at radius 1 is 1.29 bits per heavy atom. The summed E-state index contributed by atoms with van der Waals surface area (Å²) in [7, 11) is -0.414. The van der Waals surface area contributed by atoms with E-state index < -0.39 is 10.0 Å². The van der Waals surface area contributed by atoms with Gasteiger partial charge < -0.3 is 10.6 Å². The summed E-state index contributed by atoms with van der Waals surface area (Å²) >= 11 is 5.29. The Labute approximate surface area is 150 Å². The second-order valence-corrected chi connectivity index (χ2v) is 8.61. The Bertz CT molecular complexity index is 712. The molecule has 132 valence electrons. The Morgan fingerprint density at radius 2 is 2.08 bits per heavy atom. The lowest BCUT2D eigenvalue weighted by Crippen LogP contribution is -2.29. The Morgan fingerprint density at radius 3 is 2.75 bits per heavy atom. The monoisotopic (exact) mass is 367 g/mol. The number of thiocarbonyl (C=S) groups is 1. The molecule has 2 N–H and O–H groups in total. The quantitative estimate of drug-likeness (QED) is 0.597. The molecule has 5 nitrogen and oxygen atoms in total.